The fraction of sp³-hybridized carbons (Fsp3) is 0.152. The molecule has 0 radical (unpaired) electrons. The van der Waals surface area contributed by atoms with E-state index in [1.807, 2.05) is 0 Å². The molecule has 10 nitrogen and oxygen atoms in total. The number of carbonyl (C=O) groups excluding carboxylic acids is 4. The number of hydrogen-bond acceptors (Lipinski definition) is 7. The first-order valence-electron chi connectivity index (χ1n) is 13.7. The lowest BCUT2D eigenvalue weighted by atomic mass is 10.0. The first-order chi connectivity index (χ1) is 21.3. The van der Waals surface area contributed by atoms with Crippen LogP contribution >= 0.6 is 11.6 Å². The zero-order valence-corrected chi connectivity index (χ0v) is 24.2. The summed E-state index contributed by atoms with van der Waals surface area (Å²) >= 11 is 6.18. The van der Waals surface area contributed by atoms with Gasteiger partial charge in [0.1, 0.15) is 18.3 Å². The van der Waals surface area contributed by atoms with Crippen LogP contribution < -0.4 is 24.4 Å². The van der Waals surface area contributed by atoms with Crippen LogP contribution in [0.1, 0.15) is 27.5 Å². The Morgan fingerprint density at radius 3 is 2.43 bits per heavy atom. The normalized spacial score (nSPS) is 13.8. The molecule has 0 fully saturated rings. The Bertz CT molecular complexity index is 1760. The van der Waals surface area contributed by atoms with Crippen molar-refractivity contribution in [3.63, 3.8) is 0 Å². The molecule has 1 unspecified atom stereocenters. The minimum Gasteiger partial charge on any atom is -0.497 e. The van der Waals surface area contributed by atoms with E-state index in [9.17, 15) is 19.2 Å². The summed E-state index contributed by atoms with van der Waals surface area (Å²) in [7, 11) is 1.55. The molecule has 0 aliphatic carbocycles. The van der Waals surface area contributed by atoms with Crippen LogP contribution in [0.3, 0.4) is 0 Å². The van der Waals surface area contributed by atoms with Gasteiger partial charge in [-0.3, -0.25) is 24.1 Å². The highest BCUT2D eigenvalue weighted by Crippen LogP contribution is 2.35. The van der Waals surface area contributed by atoms with Crippen LogP contribution in [0.4, 0.5) is 11.4 Å². The number of anilines is 2. The van der Waals surface area contributed by atoms with Crippen molar-refractivity contribution < 1.29 is 33.4 Å². The largest absolute Gasteiger partial charge is 0.497 e. The maximum atomic E-state index is 14.2. The quantitative estimate of drug-likeness (QED) is 0.265. The van der Waals surface area contributed by atoms with Gasteiger partial charge in [0, 0.05) is 23.3 Å². The molecule has 44 heavy (non-hydrogen) atoms. The first-order valence-corrected chi connectivity index (χ1v) is 14.0. The number of nitrogens with one attached hydrogen (secondary N) is 1. The molecule has 0 saturated carbocycles. The fourth-order valence-corrected chi connectivity index (χ4v) is 5.31. The summed E-state index contributed by atoms with van der Waals surface area (Å²) in [6.07, 6.45) is 0. The van der Waals surface area contributed by atoms with E-state index in [1.54, 1.807) is 98.1 Å². The van der Waals surface area contributed by atoms with Crippen molar-refractivity contribution in [2.24, 2.45) is 0 Å². The van der Waals surface area contributed by atoms with Crippen molar-refractivity contribution in [3.05, 3.63) is 113 Å². The lowest BCUT2D eigenvalue weighted by Crippen LogP contribution is -2.46. The van der Waals surface area contributed by atoms with Crippen LogP contribution in [0.25, 0.3) is 0 Å². The molecule has 4 aromatic rings. The van der Waals surface area contributed by atoms with Crippen LogP contribution in [0, 0.1) is 0 Å². The molecule has 0 saturated heterocycles. The van der Waals surface area contributed by atoms with Gasteiger partial charge in [-0.25, -0.2) is 0 Å². The number of rotatable bonds is 9. The van der Waals surface area contributed by atoms with Crippen molar-refractivity contribution >= 4 is 46.5 Å². The standard InChI is InChI=1S/C33H26ClN3O7/c1-42-24-13-6-20(7-14-24)17-37(29(38)18-36-26-5-3-2-4-25(26)31(39)33(36)41)30(21-8-10-22(34)11-9-21)32(40)35-23-12-15-27-28(16-23)44-19-43-27/h2-16,30H,17-19H2,1H3,(H,35,40). The summed E-state index contributed by atoms with van der Waals surface area (Å²) < 4.78 is 16.1. The number of Topliss-reactive ketones (excluding diaryl/α,β-unsaturated/α-hetero) is 1. The number of hydrogen-bond donors (Lipinski definition) is 1. The number of fused-ring (bicyclic) bond motifs is 2. The summed E-state index contributed by atoms with van der Waals surface area (Å²) in [5.41, 5.74) is 2.19. The van der Waals surface area contributed by atoms with Gasteiger partial charge in [-0.15, -0.1) is 0 Å². The maximum absolute atomic E-state index is 14.2. The summed E-state index contributed by atoms with van der Waals surface area (Å²) in [6.45, 7) is -0.382. The zero-order valence-electron chi connectivity index (χ0n) is 23.5. The van der Waals surface area contributed by atoms with Crippen molar-refractivity contribution in [2.45, 2.75) is 12.6 Å². The van der Waals surface area contributed by atoms with Crippen molar-refractivity contribution in [1.82, 2.24) is 4.90 Å². The van der Waals surface area contributed by atoms with Crippen molar-refractivity contribution in [1.29, 1.82) is 0 Å². The molecule has 0 spiro atoms. The predicted molar refractivity (Wildman–Crippen MR) is 162 cm³/mol. The molecule has 0 bridgehead atoms. The number of halogens is 1. The van der Waals surface area contributed by atoms with Crippen molar-refractivity contribution in [2.75, 3.05) is 30.7 Å². The minimum atomic E-state index is -1.16. The monoisotopic (exact) mass is 611 g/mol. The van der Waals surface area contributed by atoms with Gasteiger partial charge in [0.05, 0.1) is 18.4 Å². The first kappa shape index (κ1) is 28.8. The Balaban J connectivity index is 1.38. The Hall–Kier alpha value is -5.35. The second-order valence-corrected chi connectivity index (χ2v) is 10.6. The summed E-state index contributed by atoms with van der Waals surface area (Å²) in [4.78, 5) is 56.5. The number of ketones is 1. The third-order valence-corrected chi connectivity index (χ3v) is 7.64. The van der Waals surface area contributed by atoms with E-state index < -0.39 is 36.1 Å². The highest BCUT2D eigenvalue weighted by molar-refractivity contribution is 6.52. The molecule has 2 aliphatic rings. The highest BCUT2D eigenvalue weighted by Gasteiger charge is 2.39. The molecular formula is C33H26ClN3O7. The Labute approximate surface area is 257 Å². The van der Waals surface area contributed by atoms with Crippen LogP contribution in [-0.4, -0.2) is 48.9 Å². The number of methoxy groups -OCH3 is 1. The highest BCUT2D eigenvalue weighted by atomic mass is 35.5. The van der Waals surface area contributed by atoms with E-state index in [2.05, 4.69) is 5.32 Å². The van der Waals surface area contributed by atoms with Gasteiger partial charge in [-0.05, 0) is 59.7 Å². The topological polar surface area (TPSA) is 114 Å². The van der Waals surface area contributed by atoms with Gasteiger partial charge in [0.25, 0.3) is 17.6 Å². The third-order valence-electron chi connectivity index (χ3n) is 7.39. The molecule has 11 heteroatoms. The van der Waals surface area contributed by atoms with Gasteiger partial charge in [0.2, 0.25) is 12.7 Å². The number of para-hydroxylation sites is 1. The molecule has 222 valence electrons. The SMILES string of the molecule is COc1ccc(CN(C(=O)CN2C(=O)C(=O)c3ccccc32)C(C(=O)Nc2ccc3c(c2)OCO3)c2ccc(Cl)cc2)cc1. The number of benzene rings is 4. The van der Waals surface area contributed by atoms with Crippen LogP contribution in [0.2, 0.25) is 5.02 Å². The van der Waals surface area contributed by atoms with Gasteiger partial charge >= 0.3 is 0 Å². The molecule has 0 aromatic heterocycles. The van der Waals surface area contributed by atoms with Crippen LogP contribution in [0.15, 0.2) is 91.0 Å². The van der Waals surface area contributed by atoms with E-state index in [4.69, 9.17) is 25.8 Å². The number of amides is 3. The fourth-order valence-electron chi connectivity index (χ4n) is 5.19. The number of carbonyl (C=O) groups is 4. The van der Waals surface area contributed by atoms with Gasteiger partial charge in [0.15, 0.2) is 11.5 Å². The summed E-state index contributed by atoms with van der Waals surface area (Å²) in [5, 5.41) is 3.35. The number of ether oxygens (including phenoxy) is 3. The van der Waals surface area contributed by atoms with Crippen molar-refractivity contribution in [3.8, 4) is 17.2 Å². The molecule has 1 N–H and O–H groups in total. The second kappa shape index (κ2) is 12.1. The second-order valence-electron chi connectivity index (χ2n) is 10.1. The Morgan fingerprint density at radius 2 is 1.68 bits per heavy atom. The maximum Gasteiger partial charge on any atom is 0.299 e. The Kier molecular flexibility index (Phi) is 7.91. The molecule has 3 amide bonds. The molecule has 1 atom stereocenters. The van der Waals surface area contributed by atoms with E-state index in [-0.39, 0.29) is 18.9 Å². The van der Waals surface area contributed by atoms with E-state index in [1.165, 1.54) is 4.90 Å². The molecular weight excluding hydrogens is 586 g/mol. The molecule has 4 aromatic carbocycles. The lowest BCUT2D eigenvalue weighted by Gasteiger charge is -2.33. The molecule has 2 heterocycles. The third kappa shape index (κ3) is 5.67. The van der Waals surface area contributed by atoms with Crippen LogP contribution in [0.5, 0.6) is 17.2 Å². The van der Waals surface area contributed by atoms with Gasteiger partial charge in [-0.2, -0.15) is 0 Å². The van der Waals surface area contributed by atoms with Gasteiger partial charge < -0.3 is 24.4 Å². The molecule has 6 rings (SSSR count). The number of nitrogens with zero attached hydrogens (tertiary/aromatic N) is 2. The molecule has 2 aliphatic heterocycles. The minimum absolute atomic E-state index is 0.00229. The average molecular weight is 612 g/mol. The lowest BCUT2D eigenvalue weighted by molar-refractivity contribution is -0.139. The zero-order chi connectivity index (χ0) is 30.8. The summed E-state index contributed by atoms with van der Waals surface area (Å²) in [5.74, 6) is -0.913. The van der Waals surface area contributed by atoms with Gasteiger partial charge in [-0.1, -0.05) is 48.0 Å². The Morgan fingerprint density at radius 1 is 0.955 bits per heavy atom. The average Bonchev–Trinajstić information content (AvgIpc) is 3.60. The van der Waals surface area contributed by atoms with Crippen LogP contribution in [-0.2, 0) is 20.9 Å². The smallest absolute Gasteiger partial charge is 0.299 e. The van der Waals surface area contributed by atoms with E-state index in [0.29, 0.717) is 44.8 Å². The summed E-state index contributed by atoms with van der Waals surface area (Å²) in [6, 6.07) is 24.0. The van der Waals surface area contributed by atoms with E-state index in [0.717, 1.165) is 4.90 Å². The van der Waals surface area contributed by atoms with E-state index >= 15 is 0 Å². The predicted octanol–water partition coefficient (Wildman–Crippen LogP) is 5.02.